The Morgan fingerprint density at radius 2 is 1.68 bits per heavy atom. The Morgan fingerprint density at radius 1 is 1.06 bits per heavy atom. The van der Waals surface area contributed by atoms with E-state index in [-0.39, 0.29) is 22.2 Å². The fourth-order valence-electron chi connectivity index (χ4n) is 3.03. The summed E-state index contributed by atoms with van der Waals surface area (Å²) < 4.78 is 67.8. The van der Waals surface area contributed by atoms with Gasteiger partial charge in [-0.15, -0.1) is 0 Å². The molecule has 1 aliphatic carbocycles. The fourth-order valence-corrected chi connectivity index (χ4v) is 4.08. The van der Waals surface area contributed by atoms with Crippen LogP contribution in [0.4, 0.5) is 13.2 Å². The molecule has 162 valence electrons. The summed E-state index contributed by atoms with van der Waals surface area (Å²) in [6.45, 7) is 1.86. The van der Waals surface area contributed by atoms with Gasteiger partial charge in [-0.05, 0) is 50.1 Å². The van der Waals surface area contributed by atoms with Gasteiger partial charge >= 0.3 is 6.18 Å². The van der Waals surface area contributed by atoms with Gasteiger partial charge in [0.2, 0.25) is 5.91 Å². The van der Waals surface area contributed by atoms with Crippen LogP contribution in [-0.2, 0) is 21.0 Å². The van der Waals surface area contributed by atoms with Crippen molar-refractivity contribution in [3.8, 4) is 16.9 Å². The first-order valence-electron chi connectivity index (χ1n) is 9.46. The summed E-state index contributed by atoms with van der Waals surface area (Å²) >= 11 is 0. The number of hydrogen-bond donors (Lipinski definition) is 1. The normalized spacial score (nSPS) is 14.5. The predicted octanol–water partition coefficient (Wildman–Crippen LogP) is 4.08. The lowest BCUT2D eigenvalue weighted by Crippen LogP contribution is -2.31. The molecule has 0 radical (unpaired) electrons. The summed E-state index contributed by atoms with van der Waals surface area (Å²) in [6.07, 6.45) is -3.33. The minimum Gasteiger partial charge on any atom is -0.274 e. The van der Waals surface area contributed by atoms with E-state index in [9.17, 15) is 26.4 Å². The van der Waals surface area contributed by atoms with E-state index in [1.165, 1.54) is 24.3 Å². The third-order valence-corrected chi connectivity index (χ3v) is 6.28. The second-order valence-electron chi connectivity index (χ2n) is 7.43. The van der Waals surface area contributed by atoms with E-state index in [0.717, 1.165) is 16.3 Å². The highest BCUT2D eigenvalue weighted by Crippen LogP contribution is 2.33. The first kappa shape index (κ1) is 21.1. The molecule has 3 aromatic rings. The van der Waals surface area contributed by atoms with Crippen LogP contribution in [0.25, 0.3) is 16.9 Å². The molecular formula is C21H18F3N3O3S. The number of alkyl halides is 3. The maximum Gasteiger partial charge on any atom is 0.435 e. The summed E-state index contributed by atoms with van der Waals surface area (Å²) in [7, 11) is -4.06. The third kappa shape index (κ3) is 4.48. The SMILES string of the molecule is Cc1ccc(-c2cc(C(F)(F)F)nn2-c2ccc(S(=O)(=O)NC(=O)C3CC3)cc2)cc1. The van der Waals surface area contributed by atoms with Gasteiger partial charge in [0.15, 0.2) is 5.69 Å². The third-order valence-electron chi connectivity index (χ3n) is 4.92. The van der Waals surface area contributed by atoms with E-state index in [1.54, 1.807) is 24.3 Å². The average molecular weight is 449 g/mol. The number of carbonyl (C=O) groups excluding carboxylic acids is 1. The molecule has 0 unspecified atom stereocenters. The monoisotopic (exact) mass is 449 g/mol. The van der Waals surface area contributed by atoms with E-state index < -0.39 is 27.8 Å². The highest BCUT2D eigenvalue weighted by molar-refractivity contribution is 7.90. The number of nitrogens with one attached hydrogen (secondary N) is 1. The van der Waals surface area contributed by atoms with Crippen LogP contribution < -0.4 is 4.72 Å². The van der Waals surface area contributed by atoms with E-state index >= 15 is 0 Å². The first-order valence-corrected chi connectivity index (χ1v) is 10.9. The number of aromatic nitrogens is 2. The fraction of sp³-hybridized carbons (Fsp3) is 0.238. The predicted molar refractivity (Wildman–Crippen MR) is 107 cm³/mol. The minimum atomic E-state index is -4.64. The van der Waals surface area contributed by atoms with Gasteiger partial charge in [-0.2, -0.15) is 18.3 Å². The Bertz CT molecular complexity index is 1230. The van der Waals surface area contributed by atoms with Gasteiger partial charge in [-0.3, -0.25) is 4.79 Å². The van der Waals surface area contributed by atoms with E-state index in [1.807, 2.05) is 11.6 Å². The lowest BCUT2D eigenvalue weighted by atomic mass is 10.1. The van der Waals surface area contributed by atoms with Crippen molar-refractivity contribution in [2.45, 2.75) is 30.8 Å². The van der Waals surface area contributed by atoms with Crippen molar-refractivity contribution in [1.82, 2.24) is 14.5 Å². The van der Waals surface area contributed by atoms with Crippen LogP contribution in [0, 0.1) is 12.8 Å². The Balaban J connectivity index is 1.71. The number of nitrogens with zero attached hydrogens (tertiary/aromatic N) is 2. The smallest absolute Gasteiger partial charge is 0.274 e. The van der Waals surface area contributed by atoms with Gasteiger partial charge in [0.1, 0.15) is 0 Å². The van der Waals surface area contributed by atoms with Crippen LogP contribution in [-0.4, -0.2) is 24.1 Å². The minimum absolute atomic E-state index is 0.162. The molecule has 0 aliphatic heterocycles. The van der Waals surface area contributed by atoms with Crippen molar-refractivity contribution in [2.75, 3.05) is 0 Å². The quantitative estimate of drug-likeness (QED) is 0.637. The van der Waals surface area contributed by atoms with Crippen LogP contribution in [0.2, 0.25) is 0 Å². The molecule has 1 aromatic heterocycles. The topological polar surface area (TPSA) is 81.1 Å². The number of halogens is 3. The van der Waals surface area contributed by atoms with Crippen molar-refractivity contribution in [3.05, 3.63) is 65.9 Å². The highest BCUT2D eigenvalue weighted by Gasteiger charge is 2.35. The summed E-state index contributed by atoms with van der Waals surface area (Å²) in [5, 5.41) is 3.69. The van der Waals surface area contributed by atoms with Gasteiger partial charge in [-0.1, -0.05) is 29.8 Å². The molecule has 1 amide bonds. The van der Waals surface area contributed by atoms with E-state index in [2.05, 4.69) is 5.10 Å². The molecule has 0 saturated heterocycles. The number of hydrogen-bond acceptors (Lipinski definition) is 4. The zero-order valence-electron chi connectivity index (χ0n) is 16.3. The molecule has 4 rings (SSSR count). The first-order chi connectivity index (χ1) is 14.5. The lowest BCUT2D eigenvalue weighted by molar-refractivity contribution is -0.141. The van der Waals surface area contributed by atoms with Crippen molar-refractivity contribution in [1.29, 1.82) is 0 Å². The zero-order chi connectivity index (χ0) is 22.4. The molecule has 1 aliphatic rings. The summed E-state index contributed by atoms with van der Waals surface area (Å²) in [5.74, 6) is -0.830. The van der Waals surface area contributed by atoms with E-state index in [0.29, 0.717) is 18.4 Å². The second kappa shape index (κ2) is 7.52. The average Bonchev–Trinajstić information content (AvgIpc) is 3.46. The molecule has 2 aromatic carbocycles. The number of aryl methyl sites for hydroxylation is 1. The number of carbonyl (C=O) groups is 1. The second-order valence-corrected chi connectivity index (χ2v) is 9.11. The maximum atomic E-state index is 13.3. The Kier molecular flexibility index (Phi) is 5.12. The molecule has 1 N–H and O–H groups in total. The Morgan fingerprint density at radius 3 is 2.23 bits per heavy atom. The highest BCUT2D eigenvalue weighted by atomic mass is 32.2. The van der Waals surface area contributed by atoms with Gasteiger partial charge in [0.05, 0.1) is 16.3 Å². The van der Waals surface area contributed by atoms with Gasteiger partial charge < -0.3 is 0 Å². The molecule has 6 nitrogen and oxygen atoms in total. The molecule has 1 heterocycles. The molecule has 0 bridgehead atoms. The number of amides is 1. The molecule has 0 spiro atoms. The molecule has 1 fully saturated rings. The Labute approximate surface area is 176 Å². The van der Waals surface area contributed by atoms with Crippen LogP contribution in [0.5, 0.6) is 0 Å². The largest absolute Gasteiger partial charge is 0.435 e. The van der Waals surface area contributed by atoms with Crippen LogP contribution in [0.3, 0.4) is 0 Å². The molecular weight excluding hydrogens is 431 g/mol. The lowest BCUT2D eigenvalue weighted by Gasteiger charge is -2.10. The molecule has 31 heavy (non-hydrogen) atoms. The Hall–Kier alpha value is -3.14. The van der Waals surface area contributed by atoms with Crippen LogP contribution in [0.15, 0.2) is 59.5 Å². The standard InChI is InChI=1S/C21H18F3N3O3S/c1-13-2-4-14(5-3-13)18-12-19(21(22,23)24)25-27(18)16-8-10-17(11-9-16)31(29,30)26-20(28)15-6-7-15/h2-5,8-12,15H,6-7H2,1H3,(H,26,28). The summed E-state index contributed by atoms with van der Waals surface area (Å²) in [4.78, 5) is 11.6. The summed E-state index contributed by atoms with van der Waals surface area (Å²) in [6, 6.07) is 13.0. The van der Waals surface area contributed by atoms with Crippen LogP contribution in [0.1, 0.15) is 24.1 Å². The van der Waals surface area contributed by atoms with Crippen molar-refractivity contribution >= 4 is 15.9 Å². The number of rotatable bonds is 5. The van der Waals surface area contributed by atoms with Crippen molar-refractivity contribution in [3.63, 3.8) is 0 Å². The number of benzene rings is 2. The van der Waals surface area contributed by atoms with Crippen molar-refractivity contribution in [2.24, 2.45) is 5.92 Å². The summed E-state index contributed by atoms with van der Waals surface area (Å²) in [5.41, 5.74) is 0.885. The van der Waals surface area contributed by atoms with Gasteiger partial charge in [0, 0.05) is 11.5 Å². The molecule has 10 heteroatoms. The zero-order valence-corrected chi connectivity index (χ0v) is 17.2. The van der Waals surface area contributed by atoms with E-state index in [4.69, 9.17) is 0 Å². The maximum absolute atomic E-state index is 13.3. The molecule has 1 saturated carbocycles. The van der Waals surface area contributed by atoms with Crippen molar-refractivity contribution < 1.29 is 26.4 Å². The van der Waals surface area contributed by atoms with Gasteiger partial charge in [0.25, 0.3) is 10.0 Å². The van der Waals surface area contributed by atoms with Crippen LogP contribution >= 0.6 is 0 Å². The number of sulfonamides is 1. The molecule has 0 atom stereocenters. The van der Waals surface area contributed by atoms with Gasteiger partial charge in [-0.25, -0.2) is 17.8 Å².